The van der Waals surface area contributed by atoms with Crippen LogP contribution in [0.3, 0.4) is 0 Å². The van der Waals surface area contributed by atoms with Gasteiger partial charge >= 0.3 is 89.7 Å². The average Bonchev–Trinajstić information content (AvgIpc) is 2.17. The molecule has 0 saturated heterocycles. The molecule has 0 aliphatic carbocycles. The van der Waals surface area contributed by atoms with E-state index < -0.39 is 0 Å². The monoisotopic (exact) mass is 302 g/mol. The maximum atomic E-state index is 11.4. The van der Waals surface area contributed by atoms with Crippen molar-refractivity contribution in [1.82, 2.24) is 4.90 Å². The molecule has 0 radical (unpaired) electrons. The number of amides is 1. The first-order chi connectivity index (χ1) is 6.26. The van der Waals surface area contributed by atoms with Gasteiger partial charge in [0.2, 0.25) is 0 Å². The normalized spacial score (nSPS) is 10.4. The first-order valence-corrected chi connectivity index (χ1v) is 7.26. The summed E-state index contributed by atoms with van der Waals surface area (Å²) in [6.45, 7) is 2.54. The number of halogens is 1. The van der Waals surface area contributed by atoms with Crippen molar-refractivity contribution in [3.05, 3.63) is 0 Å². The maximum absolute atomic E-state index is 11.4. The molecule has 0 aromatic heterocycles. The molecule has 4 nitrogen and oxygen atoms in total. The van der Waals surface area contributed by atoms with Crippen LogP contribution in [0.2, 0.25) is 0 Å². The predicted octanol–water partition coefficient (Wildman–Crippen LogP) is -2.58. The van der Waals surface area contributed by atoms with Gasteiger partial charge in [-0.25, -0.2) is 0 Å². The number of methoxy groups -OCH3 is 2. The van der Waals surface area contributed by atoms with Gasteiger partial charge in [0.05, 0.1) is 0 Å². The molecule has 0 aliphatic rings. The molecule has 1 amide bonds. The number of ether oxygens (including phenoxy) is 2. The fourth-order valence-corrected chi connectivity index (χ4v) is 1.97. The third-order valence-electron chi connectivity index (χ3n) is 1.54. The Bertz CT molecular complexity index is 135. The van der Waals surface area contributed by atoms with Crippen LogP contribution < -0.4 is 21.2 Å². The molecule has 0 heterocycles. The fourth-order valence-electron chi connectivity index (χ4n) is 0.810. The number of carbonyl (C=O) groups excluding carboxylic acids is 1. The zero-order chi connectivity index (χ0) is 10.1. The molecule has 0 aliphatic heterocycles. The third kappa shape index (κ3) is 6.23. The summed E-state index contributed by atoms with van der Waals surface area (Å²) in [5.74, 6) is 0. The third-order valence-corrected chi connectivity index (χ3v) is 3.15. The van der Waals surface area contributed by atoms with E-state index in [0.717, 1.165) is 0 Å². The molecule has 0 bridgehead atoms. The zero-order valence-electron chi connectivity index (χ0n) is 8.38. The van der Waals surface area contributed by atoms with Gasteiger partial charge in [0, 0.05) is 0 Å². The van der Waals surface area contributed by atoms with Crippen LogP contribution in [0.15, 0.2) is 0 Å². The van der Waals surface area contributed by atoms with Crippen LogP contribution in [0.5, 0.6) is 0 Å². The quantitative estimate of drug-likeness (QED) is 0.224. The molecule has 0 atom stereocenters. The molecule has 0 aromatic rings. The number of hydrogen-bond donors (Lipinski definition) is 0. The second-order valence-electron chi connectivity index (χ2n) is 2.41. The number of alkyl halides is 1. The van der Waals surface area contributed by atoms with Crippen molar-refractivity contribution >= 4 is 3.91 Å². The van der Waals surface area contributed by atoms with Crippen LogP contribution in [0, 0.1) is 0 Å². The van der Waals surface area contributed by atoms with Crippen molar-refractivity contribution in [2.75, 3.05) is 45.5 Å². The van der Waals surface area contributed by atoms with Crippen LogP contribution >= 0.6 is 0 Å². The van der Waals surface area contributed by atoms with Crippen molar-refractivity contribution < 1.29 is 35.5 Å². The summed E-state index contributed by atoms with van der Waals surface area (Å²) in [5, 5.41) is 0. The molecule has 13 heavy (non-hydrogen) atoms. The molecule has 0 saturated carbocycles. The van der Waals surface area contributed by atoms with Crippen LogP contribution in [-0.2, 0) is 9.47 Å². The fraction of sp³-hybridized carbons (Fsp3) is 0.875. The van der Waals surface area contributed by atoms with Gasteiger partial charge in [-0.2, -0.15) is 0 Å². The van der Waals surface area contributed by atoms with Gasteiger partial charge in [0.1, 0.15) is 0 Å². The van der Waals surface area contributed by atoms with E-state index in [9.17, 15) is 4.79 Å². The summed E-state index contributed by atoms with van der Waals surface area (Å²) in [6.07, 6.45) is 0. The molecular weight excluding hydrogens is 285 g/mol. The Morgan fingerprint density at radius 3 is 2.00 bits per heavy atom. The predicted molar refractivity (Wildman–Crippen MR) is 46.6 cm³/mol. The summed E-state index contributed by atoms with van der Waals surface area (Å²) in [6, 6.07) is 0. The number of nitrogens with zero attached hydrogens (tertiary/aromatic N) is 1. The van der Waals surface area contributed by atoms with Gasteiger partial charge in [-0.1, -0.05) is 0 Å². The number of carbonyl (C=O) groups is 1. The first kappa shape index (κ1) is 13.1. The van der Waals surface area contributed by atoms with Gasteiger partial charge in [0.15, 0.2) is 0 Å². The minimum atomic E-state index is -0.355. The Balaban J connectivity index is 3.79. The Morgan fingerprint density at radius 2 is 1.69 bits per heavy atom. The van der Waals surface area contributed by atoms with Crippen molar-refractivity contribution in [2.45, 2.75) is 0 Å². The van der Waals surface area contributed by atoms with Crippen LogP contribution in [0.25, 0.3) is 0 Å². The van der Waals surface area contributed by atoms with Crippen LogP contribution in [0.1, 0.15) is 0 Å². The van der Waals surface area contributed by atoms with Crippen molar-refractivity contribution in [3.63, 3.8) is 0 Å². The van der Waals surface area contributed by atoms with E-state index in [0.29, 0.717) is 26.3 Å². The van der Waals surface area contributed by atoms with Gasteiger partial charge < -0.3 is 0 Å². The van der Waals surface area contributed by atoms with Crippen molar-refractivity contribution in [3.8, 4) is 0 Å². The van der Waals surface area contributed by atoms with E-state index in [-0.39, 0.29) is 25.1 Å². The van der Waals surface area contributed by atoms with Crippen LogP contribution in [0.4, 0.5) is 4.79 Å². The van der Waals surface area contributed by atoms with Crippen LogP contribution in [-0.4, -0.2) is 54.3 Å². The molecule has 0 rings (SSSR count). The van der Waals surface area contributed by atoms with E-state index in [1.54, 1.807) is 19.1 Å². The molecule has 0 spiro atoms. The molecule has 0 fully saturated rings. The second-order valence-corrected chi connectivity index (χ2v) is 4.42. The Kier molecular flexibility index (Phi) is 8.79. The van der Waals surface area contributed by atoms with E-state index in [1.165, 1.54) is 0 Å². The SMILES string of the molecule is COCCN(CCOC)C(=O)[I-]C. The number of rotatable bonds is 7. The molecule has 0 aromatic carbocycles. The molecule has 5 heteroatoms. The molecule has 0 unspecified atom stereocenters. The summed E-state index contributed by atoms with van der Waals surface area (Å²) in [5.41, 5.74) is 0. The first-order valence-electron chi connectivity index (χ1n) is 4.02. The molecule has 80 valence electrons. The second kappa shape index (κ2) is 8.71. The van der Waals surface area contributed by atoms with E-state index >= 15 is 0 Å². The minimum absolute atomic E-state index is 0.257. The average molecular weight is 302 g/mol. The standard InChI is InChI=1S/C8H17INO3/c1-9-8(11)10(4-6-12-2)5-7-13-3/h4-7H2,1-3H3/q-1. The van der Waals surface area contributed by atoms with E-state index in [4.69, 9.17) is 9.47 Å². The van der Waals surface area contributed by atoms with E-state index in [1.807, 2.05) is 4.93 Å². The summed E-state index contributed by atoms with van der Waals surface area (Å²) >= 11 is -0.355. The summed E-state index contributed by atoms with van der Waals surface area (Å²) < 4.78 is 10.1. The Labute approximate surface area is 89.8 Å². The molecule has 0 N–H and O–H groups in total. The Hall–Kier alpha value is 0.120. The van der Waals surface area contributed by atoms with Crippen molar-refractivity contribution in [1.29, 1.82) is 0 Å². The van der Waals surface area contributed by atoms with Gasteiger partial charge in [-0.05, 0) is 0 Å². The van der Waals surface area contributed by atoms with Gasteiger partial charge in [0.25, 0.3) is 0 Å². The van der Waals surface area contributed by atoms with Gasteiger partial charge in [-0.3, -0.25) is 0 Å². The number of hydrogen-bond acceptors (Lipinski definition) is 3. The van der Waals surface area contributed by atoms with Gasteiger partial charge in [-0.15, -0.1) is 0 Å². The topological polar surface area (TPSA) is 38.8 Å². The Morgan fingerprint density at radius 1 is 1.23 bits per heavy atom. The summed E-state index contributed by atoms with van der Waals surface area (Å²) in [4.78, 5) is 15.2. The zero-order valence-corrected chi connectivity index (χ0v) is 10.5. The molecular formula is C8H17INO3-. The summed E-state index contributed by atoms with van der Waals surface area (Å²) in [7, 11) is 3.28. The van der Waals surface area contributed by atoms with E-state index in [2.05, 4.69) is 0 Å². The van der Waals surface area contributed by atoms with Crippen molar-refractivity contribution in [2.24, 2.45) is 0 Å².